The summed E-state index contributed by atoms with van der Waals surface area (Å²) in [4.78, 5) is 14.1. The quantitative estimate of drug-likeness (QED) is 0.914. The van der Waals surface area contributed by atoms with Crippen LogP contribution in [0.25, 0.3) is 5.69 Å². The summed E-state index contributed by atoms with van der Waals surface area (Å²) >= 11 is 0. The predicted octanol–water partition coefficient (Wildman–Crippen LogP) is 2.42. The van der Waals surface area contributed by atoms with Crippen LogP contribution in [-0.4, -0.2) is 45.5 Å². The lowest BCUT2D eigenvalue weighted by Gasteiger charge is -2.30. The van der Waals surface area contributed by atoms with Crippen LogP contribution >= 0.6 is 0 Å². The van der Waals surface area contributed by atoms with Crippen molar-refractivity contribution in [1.29, 1.82) is 0 Å². The summed E-state index contributed by atoms with van der Waals surface area (Å²) < 4.78 is 1.77. The van der Waals surface area contributed by atoms with Gasteiger partial charge in [-0.1, -0.05) is 18.2 Å². The Labute approximate surface area is 135 Å². The lowest BCUT2D eigenvalue weighted by atomic mass is 9.98. The number of carbonyl (C=O) groups excluding carboxylic acids is 1. The second-order valence-electron chi connectivity index (χ2n) is 5.98. The van der Waals surface area contributed by atoms with Gasteiger partial charge in [-0.15, -0.1) is 5.10 Å². The maximum absolute atomic E-state index is 12.4. The number of rotatable bonds is 3. The number of aromatic nitrogens is 2. The van der Waals surface area contributed by atoms with Gasteiger partial charge >= 0.3 is 6.03 Å². The molecule has 0 saturated carbocycles. The van der Waals surface area contributed by atoms with Crippen LogP contribution in [0.3, 0.4) is 0 Å². The molecule has 6 nitrogen and oxygen atoms in total. The minimum atomic E-state index is -0.122. The monoisotopic (exact) mass is 314 g/mol. The van der Waals surface area contributed by atoms with Crippen LogP contribution in [0, 0.1) is 12.8 Å². The molecule has 0 spiro atoms. The number of piperidine rings is 1. The van der Waals surface area contributed by atoms with E-state index in [0.29, 0.717) is 24.8 Å². The van der Waals surface area contributed by atoms with Gasteiger partial charge in [0.05, 0.1) is 5.69 Å². The van der Waals surface area contributed by atoms with E-state index in [-0.39, 0.29) is 12.6 Å². The van der Waals surface area contributed by atoms with Crippen LogP contribution in [0.2, 0.25) is 0 Å². The number of hydrogen-bond donors (Lipinski definition) is 2. The fraction of sp³-hybridized carbons (Fsp3) is 0.412. The third kappa shape index (κ3) is 3.53. The number of carbonyl (C=O) groups is 1. The van der Waals surface area contributed by atoms with E-state index in [1.54, 1.807) is 9.58 Å². The number of amides is 2. The van der Waals surface area contributed by atoms with Gasteiger partial charge in [0, 0.05) is 31.5 Å². The Kier molecular flexibility index (Phi) is 4.62. The van der Waals surface area contributed by atoms with Gasteiger partial charge in [0.15, 0.2) is 5.82 Å². The Balaban J connectivity index is 1.66. The van der Waals surface area contributed by atoms with E-state index >= 15 is 0 Å². The number of nitrogens with zero attached hydrogens (tertiary/aromatic N) is 3. The molecule has 122 valence electrons. The molecule has 1 aromatic carbocycles. The van der Waals surface area contributed by atoms with Crippen LogP contribution in [0.15, 0.2) is 36.5 Å². The van der Waals surface area contributed by atoms with Crippen molar-refractivity contribution < 1.29 is 9.90 Å². The van der Waals surface area contributed by atoms with Crippen LogP contribution in [0.1, 0.15) is 18.4 Å². The van der Waals surface area contributed by atoms with E-state index in [1.807, 2.05) is 43.5 Å². The summed E-state index contributed by atoms with van der Waals surface area (Å²) in [6.07, 6.45) is 3.60. The van der Waals surface area contributed by atoms with Crippen LogP contribution < -0.4 is 5.32 Å². The zero-order valence-electron chi connectivity index (χ0n) is 13.3. The van der Waals surface area contributed by atoms with E-state index in [9.17, 15) is 4.79 Å². The third-order valence-electron chi connectivity index (χ3n) is 4.30. The number of aliphatic hydroxyl groups excluding tert-OH is 1. The lowest BCUT2D eigenvalue weighted by molar-refractivity contribution is 0.143. The fourth-order valence-electron chi connectivity index (χ4n) is 2.80. The van der Waals surface area contributed by atoms with Gasteiger partial charge in [-0.05, 0) is 37.8 Å². The highest BCUT2D eigenvalue weighted by Crippen LogP contribution is 2.19. The molecule has 1 fully saturated rings. The highest BCUT2D eigenvalue weighted by Gasteiger charge is 2.23. The molecule has 1 aliphatic rings. The maximum Gasteiger partial charge on any atom is 0.323 e. The van der Waals surface area contributed by atoms with Crippen molar-refractivity contribution in [3.63, 3.8) is 0 Å². The number of nitrogens with one attached hydrogen (secondary N) is 1. The predicted molar refractivity (Wildman–Crippen MR) is 88.7 cm³/mol. The Bertz CT molecular complexity index is 660. The molecule has 1 saturated heterocycles. The van der Waals surface area contributed by atoms with Crippen molar-refractivity contribution in [1.82, 2.24) is 14.7 Å². The van der Waals surface area contributed by atoms with Gasteiger partial charge in [0.25, 0.3) is 0 Å². The second-order valence-corrected chi connectivity index (χ2v) is 5.98. The number of anilines is 1. The molecular weight excluding hydrogens is 292 g/mol. The van der Waals surface area contributed by atoms with Gasteiger partial charge in [-0.3, -0.25) is 5.32 Å². The van der Waals surface area contributed by atoms with Gasteiger partial charge in [-0.25, -0.2) is 9.48 Å². The molecule has 0 unspecified atom stereocenters. The van der Waals surface area contributed by atoms with Crippen LogP contribution in [-0.2, 0) is 0 Å². The molecule has 1 aromatic heterocycles. The van der Waals surface area contributed by atoms with E-state index in [0.717, 1.165) is 24.1 Å². The minimum Gasteiger partial charge on any atom is -0.396 e. The number of aliphatic hydroxyl groups is 1. The summed E-state index contributed by atoms with van der Waals surface area (Å²) in [5.74, 6) is 0.904. The SMILES string of the molecule is Cc1cn(-c2ccccc2)nc1NC(=O)N1CCC(CO)CC1. The molecule has 2 heterocycles. The first kappa shape index (κ1) is 15.6. The number of benzene rings is 1. The molecule has 0 atom stereocenters. The van der Waals surface area contributed by atoms with Crippen molar-refractivity contribution >= 4 is 11.8 Å². The Morgan fingerprint density at radius 1 is 1.30 bits per heavy atom. The number of hydrogen-bond acceptors (Lipinski definition) is 3. The summed E-state index contributed by atoms with van der Waals surface area (Å²) in [5, 5.41) is 16.5. The highest BCUT2D eigenvalue weighted by molar-refractivity contribution is 5.89. The summed E-state index contributed by atoms with van der Waals surface area (Å²) in [5.41, 5.74) is 1.88. The number of para-hydroxylation sites is 1. The molecule has 3 rings (SSSR count). The maximum atomic E-state index is 12.4. The molecule has 0 radical (unpaired) electrons. The van der Waals surface area contributed by atoms with E-state index in [4.69, 9.17) is 5.11 Å². The van der Waals surface area contributed by atoms with Gasteiger partial charge in [0.2, 0.25) is 0 Å². The lowest BCUT2D eigenvalue weighted by Crippen LogP contribution is -2.41. The average Bonchev–Trinajstić information content (AvgIpc) is 2.96. The minimum absolute atomic E-state index is 0.122. The average molecular weight is 314 g/mol. The van der Waals surface area contributed by atoms with E-state index < -0.39 is 0 Å². The first-order valence-corrected chi connectivity index (χ1v) is 7.96. The number of urea groups is 1. The van der Waals surface area contributed by atoms with Crippen molar-refractivity contribution in [3.8, 4) is 5.69 Å². The number of likely N-dealkylation sites (tertiary alicyclic amines) is 1. The van der Waals surface area contributed by atoms with Crippen LogP contribution in [0.5, 0.6) is 0 Å². The molecule has 2 amide bonds. The molecule has 0 aliphatic carbocycles. The molecule has 6 heteroatoms. The smallest absolute Gasteiger partial charge is 0.323 e. The summed E-state index contributed by atoms with van der Waals surface area (Å²) in [7, 11) is 0. The van der Waals surface area contributed by atoms with E-state index in [1.165, 1.54) is 0 Å². The van der Waals surface area contributed by atoms with Crippen LogP contribution in [0.4, 0.5) is 10.6 Å². The van der Waals surface area contributed by atoms with Crippen molar-refractivity contribution in [3.05, 3.63) is 42.1 Å². The summed E-state index contributed by atoms with van der Waals surface area (Å²) in [6, 6.07) is 9.68. The Morgan fingerprint density at radius 2 is 2.00 bits per heavy atom. The molecule has 1 aliphatic heterocycles. The second kappa shape index (κ2) is 6.83. The highest BCUT2D eigenvalue weighted by atomic mass is 16.3. The van der Waals surface area contributed by atoms with Crippen molar-refractivity contribution in [2.24, 2.45) is 5.92 Å². The van der Waals surface area contributed by atoms with Gasteiger partial charge in [-0.2, -0.15) is 0 Å². The van der Waals surface area contributed by atoms with Crippen molar-refractivity contribution in [2.45, 2.75) is 19.8 Å². The molecule has 2 N–H and O–H groups in total. The standard InChI is InChI=1S/C17H22N4O2/c1-13-11-21(15-5-3-2-4-6-15)19-16(13)18-17(23)20-9-7-14(12-22)8-10-20/h2-6,11,14,22H,7-10,12H2,1H3,(H,18,19,23). The normalized spacial score (nSPS) is 15.7. The van der Waals surface area contributed by atoms with Crippen molar-refractivity contribution in [2.75, 3.05) is 25.0 Å². The first-order chi connectivity index (χ1) is 11.2. The summed E-state index contributed by atoms with van der Waals surface area (Å²) in [6.45, 7) is 3.49. The first-order valence-electron chi connectivity index (χ1n) is 7.96. The molecule has 2 aromatic rings. The Hall–Kier alpha value is -2.34. The Morgan fingerprint density at radius 3 is 2.65 bits per heavy atom. The largest absolute Gasteiger partial charge is 0.396 e. The van der Waals surface area contributed by atoms with Gasteiger partial charge < -0.3 is 10.0 Å². The number of aryl methyl sites for hydroxylation is 1. The molecule has 23 heavy (non-hydrogen) atoms. The fourth-order valence-corrected chi connectivity index (χ4v) is 2.80. The molecule has 0 bridgehead atoms. The third-order valence-corrected chi connectivity index (χ3v) is 4.30. The zero-order chi connectivity index (χ0) is 16.2. The zero-order valence-corrected chi connectivity index (χ0v) is 13.3. The molecular formula is C17H22N4O2. The van der Waals surface area contributed by atoms with E-state index in [2.05, 4.69) is 10.4 Å². The topological polar surface area (TPSA) is 70.4 Å². The van der Waals surface area contributed by atoms with Gasteiger partial charge in [0.1, 0.15) is 0 Å².